The quantitative estimate of drug-likeness (QED) is 0.754. The number of imidazole rings is 1. The molecule has 1 aliphatic heterocycles. The molecule has 5 nitrogen and oxygen atoms in total. The summed E-state index contributed by atoms with van der Waals surface area (Å²) >= 11 is 0. The van der Waals surface area contributed by atoms with Gasteiger partial charge in [-0.1, -0.05) is 51.1 Å². The van der Waals surface area contributed by atoms with E-state index in [0.717, 1.165) is 31.6 Å². The van der Waals surface area contributed by atoms with E-state index in [1.165, 1.54) is 22.6 Å². The van der Waals surface area contributed by atoms with Crippen LogP contribution in [0.2, 0.25) is 0 Å². The Morgan fingerprint density at radius 3 is 2.73 bits per heavy atom. The van der Waals surface area contributed by atoms with Gasteiger partial charge in [0, 0.05) is 36.3 Å². The van der Waals surface area contributed by atoms with E-state index in [2.05, 4.69) is 82.2 Å². The normalized spacial score (nSPS) is 18.0. The summed E-state index contributed by atoms with van der Waals surface area (Å²) in [6.45, 7) is 8.48. The molecule has 0 amide bonds. The van der Waals surface area contributed by atoms with E-state index in [4.69, 9.17) is 0 Å². The Kier molecular flexibility index (Phi) is 4.41. The molecule has 26 heavy (non-hydrogen) atoms. The molecule has 5 heteroatoms. The molecule has 0 aliphatic carbocycles. The van der Waals surface area contributed by atoms with Gasteiger partial charge in [-0.3, -0.25) is 10.00 Å². The summed E-state index contributed by atoms with van der Waals surface area (Å²) in [6.07, 6.45) is 3.82. The summed E-state index contributed by atoms with van der Waals surface area (Å²) in [6, 6.07) is 13.2. The lowest BCUT2D eigenvalue weighted by atomic mass is 9.92. The van der Waals surface area contributed by atoms with Crippen LogP contribution in [-0.4, -0.2) is 31.6 Å². The predicted molar refractivity (Wildman–Crippen MR) is 103 cm³/mol. The van der Waals surface area contributed by atoms with Crippen LogP contribution in [0.1, 0.15) is 55.2 Å². The molecular formula is C21H27N5. The molecule has 1 atom stereocenters. The summed E-state index contributed by atoms with van der Waals surface area (Å²) in [4.78, 5) is 10.5. The van der Waals surface area contributed by atoms with Gasteiger partial charge in [0.15, 0.2) is 0 Å². The molecule has 1 aliphatic rings. The fraction of sp³-hybridized carbons (Fsp3) is 0.429. The molecule has 2 N–H and O–H groups in total. The summed E-state index contributed by atoms with van der Waals surface area (Å²) < 4.78 is 0. The summed E-state index contributed by atoms with van der Waals surface area (Å²) in [7, 11) is 0. The number of nitrogens with one attached hydrogen (secondary N) is 2. The first-order chi connectivity index (χ1) is 12.5. The SMILES string of the molecule is CC(C)(C)c1cc(CN2CCc3[nH]cnc3C2Cc2ccccc2)[nH]n1. The van der Waals surface area contributed by atoms with Gasteiger partial charge in [0.25, 0.3) is 0 Å². The molecule has 0 fully saturated rings. The Balaban J connectivity index is 1.58. The first kappa shape index (κ1) is 17.0. The molecule has 1 unspecified atom stereocenters. The number of hydrogen-bond donors (Lipinski definition) is 2. The van der Waals surface area contributed by atoms with Crippen molar-refractivity contribution in [2.75, 3.05) is 6.54 Å². The van der Waals surface area contributed by atoms with Crippen LogP contribution in [0.25, 0.3) is 0 Å². The average molecular weight is 349 g/mol. The first-order valence-corrected chi connectivity index (χ1v) is 9.35. The molecular weight excluding hydrogens is 322 g/mol. The fourth-order valence-corrected chi connectivity index (χ4v) is 3.70. The Labute approximate surface area is 154 Å². The van der Waals surface area contributed by atoms with Crippen molar-refractivity contribution < 1.29 is 0 Å². The summed E-state index contributed by atoms with van der Waals surface area (Å²) in [5.74, 6) is 0. The van der Waals surface area contributed by atoms with Crippen LogP contribution in [0.3, 0.4) is 0 Å². The van der Waals surface area contributed by atoms with Gasteiger partial charge in [0.1, 0.15) is 0 Å². The Morgan fingerprint density at radius 2 is 2.00 bits per heavy atom. The van der Waals surface area contributed by atoms with Crippen LogP contribution >= 0.6 is 0 Å². The monoisotopic (exact) mass is 349 g/mol. The van der Waals surface area contributed by atoms with Gasteiger partial charge < -0.3 is 4.98 Å². The van der Waals surface area contributed by atoms with Crippen LogP contribution in [0.4, 0.5) is 0 Å². The second-order valence-corrected chi connectivity index (χ2v) is 8.22. The highest BCUT2D eigenvalue weighted by atomic mass is 15.2. The molecule has 4 rings (SSSR count). The van der Waals surface area contributed by atoms with Gasteiger partial charge in [-0.15, -0.1) is 0 Å². The lowest BCUT2D eigenvalue weighted by Gasteiger charge is -2.34. The standard InChI is InChI=1S/C21H27N5/c1-21(2,3)19-12-16(24-25-19)13-26-10-9-17-20(23-14-22-17)18(26)11-15-7-5-4-6-8-15/h4-8,12,14,18H,9-11,13H2,1-3H3,(H,22,23)(H,24,25). The molecule has 0 bridgehead atoms. The van der Waals surface area contributed by atoms with Crippen LogP contribution < -0.4 is 0 Å². The second-order valence-electron chi connectivity index (χ2n) is 8.22. The summed E-state index contributed by atoms with van der Waals surface area (Å²) in [5, 5.41) is 7.76. The lowest BCUT2D eigenvalue weighted by molar-refractivity contribution is 0.168. The second kappa shape index (κ2) is 6.72. The number of H-pyrrole nitrogens is 2. The average Bonchev–Trinajstić information content (AvgIpc) is 3.27. The van der Waals surface area contributed by atoms with E-state index in [0.29, 0.717) is 0 Å². The topological polar surface area (TPSA) is 60.6 Å². The van der Waals surface area contributed by atoms with Crippen LogP contribution in [0, 0.1) is 0 Å². The first-order valence-electron chi connectivity index (χ1n) is 9.35. The van der Waals surface area contributed by atoms with Crippen molar-refractivity contribution in [1.29, 1.82) is 0 Å². The fourth-order valence-electron chi connectivity index (χ4n) is 3.70. The molecule has 0 saturated heterocycles. The van der Waals surface area contributed by atoms with E-state index < -0.39 is 0 Å². The smallest absolute Gasteiger partial charge is 0.0925 e. The van der Waals surface area contributed by atoms with Crippen molar-refractivity contribution >= 4 is 0 Å². The molecule has 0 radical (unpaired) electrons. The molecule has 1 aromatic carbocycles. The minimum Gasteiger partial charge on any atom is -0.348 e. The molecule has 3 aromatic rings. The number of benzene rings is 1. The van der Waals surface area contributed by atoms with E-state index in [1.807, 2.05) is 6.33 Å². The lowest BCUT2D eigenvalue weighted by Crippen LogP contribution is -2.36. The molecule has 2 aromatic heterocycles. The number of aromatic amines is 2. The zero-order valence-electron chi connectivity index (χ0n) is 15.8. The minimum absolute atomic E-state index is 0.0649. The maximum absolute atomic E-state index is 4.65. The zero-order chi connectivity index (χ0) is 18.1. The number of nitrogens with zero attached hydrogens (tertiary/aromatic N) is 3. The van der Waals surface area contributed by atoms with E-state index in [-0.39, 0.29) is 11.5 Å². The van der Waals surface area contributed by atoms with Crippen LogP contribution in [-0.2, 0) is 24.8 Å². The van der Waals surface area contributed by atoms with Gasteiger partial charge >= 0.3 is 0 Å². The van der Waals surface area contributed by atoms with Crippen molar-refractivity contribution in [2.45, 2.75) is 51.6 Å². The van der Waals surface area contributed by atoms with Gasteiger partial charge in [-0.25, -0.2) is 4.98 Å². The van der Waals surface area contributed by atoms with Gasteiger partial charge in [-0.2, -0.15) is 5.10 Å². The van der Waals surface area contributed by atoms with Crippen LogP contribution in [0.15, 0.2) is 42.7 Å². The molecule has 0 spiro atoms. The molecule has 136 valence electrons. The summed E-state index contributed by atoms with van der Waals surface area (Å²) in [5.41, 5.74) is 6.17. The Bertz CT molecular complexity index is 856. The molecule has 3 heterocycles. The zero-order valence-corrected chi connectivity index (χ0v) is 15.8. The minimum atomic E-state index is 0.0649. The van der Waals surface area contributed by atoms with Crippen molar-refractivity contribution in [3.63, 3.8) is 0 Å². The highest BCUT2D eigenvalue weighted by Crippen LogP contribution is 2.32. The third kappa shape index (κ3) is 3.44. The van der Waals surface area contributed by atoms with E-state index >= 15 is 0 Å². The number of hydrogen-bond acceptors (Lipinski definition) is 3. The van der Waals surface area contributed by atoms with Gasteiger partial charge in [-0.05, 0) is 18.1 Å². The highest BCUT2D eigenvalue weighted by molar-refractivity contribution is 5.25. The van der Waals surface area contributed by atoms with Crippen molar-refractivity contribution in [1.82, 2.24) is 25.1 Å². The van der Waals surface area contributed by atoms with Crippen molar-refractivity contribution in [3.8, 4) is 0 Å². The van der Waals surface area contributed by atoms with E-state index in [9.17, 15) is 0 Å². The van der Waals surface area contributed by atoms with Crippen molar-refractivity contribution in [2.24, 2.45) is 0 Å². The Hall–Kier alpha value is -2.40. The third-order valence-electron chi connectivity index (χ3n) is 5.20. The highest BCUT2D eigenvalue weighted by Gasteiger charge is 2.30. The number of fused-ring (bicyclic) bond motifs is 1. The largest absolute Gasteiger partial charge is 0.348 e. The maximum atomic E-state index is 4.65. The van der Waals surface area contributed by atoms with Crippen molar-refractivity contribution in [3.05, 3.63) is 71.1 Å². The molecule has 0 saturated carbocycles. The Morgan fingerprint density at radius 1 is 1.19 bits per heavy atom. The maximum Gasteiger partial charge on any atom is 0.0925 e. The predicted octanol–water partition coefficient (Wildman–Crippen LogP) is 3.77. The number of aromatic nitrogens is 4. The van der Waals surface area contributed by atoms with Gasteiger partial charge in [0.05, 0.1) is 23.8 Å². The number of rotatable bonds is 4. The van der Waals surface area contributed by atoms with E-state index in [1.54, 1.807) is 0 Å². The van der Waals surface area contributed by atoms with Gasteiger partial charge in [0.2, 0.25) is 0 Å². The van der Waals surface area contributed by atoms with Crippen LogP contribution in [0.5, 0.6) is 0 Å². The third-order valence-corrected chi connectivity index (χ3v) is 5.20.